The number of nitrogens with one attached hydrogen (secondary N) is 1. The zero-order valence-electron chi connectivity index (χ0n) is 9.56. The van der Waals surface area contributed by atoms with E-state index in [-0.39, 0.29) is 0 Å². The van der Waals surface area contributed by atoms with Crippen molar-refractivity contribution in [3.63, 3.8) is 0 Å². The number of rotatable bonds is 2. The molecule has 3 heterocycles. The van der Waals surface area contributed by atoms with Crippen LogP contribution < -0.4 is 5.32 Å². The Morgan fingerprint density at radius 3 is 3.00 bits per heavy atom. The predicted molar refractivity (Wildman–Crippen MR) is 70.0 cm³/mol. The van der Waals surface area contributed by atoms with Crippen LogP contribution in [0.5, 0.6) is 0 Å². The first-order valence-electron chi connectivity index (χ1n) is 6.03. The molecule has 1 saturated heterocycles. The molecule has 0 amide bonds. The number of aromatic nitrogens is 3. The first-order chi connectivity index (χ1) is 8.33. The van der Waals surface area contributed by atoms with E-state index in [0.717, 1.165) is 41.4 Å². The number of hydrogen-bond donors (Lipinski definition) is 1. The minimum Gasteiger partial charge on any atom is -0.317 e. The molecule has 2 aromatic heterocycles. The number of hydrogen-bond acceptors (Lipinski definition) is 3. The molecule has 5 heteroatoms. The van der Waals surface area contributed by atoms with Gasteiger partial charge < -0.3 is 5.32 Å². The summed E-state index contributed by atoms with van der Waals surface area (Å²) in [5, 5.41) is 11.9. The molecule has 17 heavy (non-hydrogen) atoms. The molecule has 1 N–H and O–H groups in total. The lowest BCUT2D eigenvalue weighted by Gasteiger charge is -2.21. The van der Waals surface area contributed by atoms with Crippen molar-refractivity contribution in [1.82, 2.24) is 19.9 Å². The third-order valence-electron chi connectivity index (χ3n) is 3.37. The molecule has 1 aliphatic rings. The van der Waals surface area contributed by atoms with Gasteiger partial charge in [-0.05, 0) is 44.0 Å². The summed E-state index contributed by atoms with van der Waals surface area (Å²) >= 11 is 3.45. The van der Waals surface area contributed by atoms with Crippen LogP contribution in [0.1, 0.15) is 18.7 Å². The summed E-state index contributed by atoms with van der Waals surface area (Å²) in [6.07, 6.45) is 5.55. The van der Waals surface area contributed by atoms with Crippen molar-refractivity contribution in [1.29, 1.82) is 0 Å². The second-order valence-corrected chi connectivity index (χ2v) is 5.50. The van der Waals surface area contributed by atoms with E-state index in [1.165, 1.54) is 12.8 Å². The van der Waals surface area contributed by atoms with Gasteiger partial charge in [0.1, 0.15) is 5.82 Å². The lowest BCUT2D eigenvalue weighted by Crippen LogP contribution is -2.29. The average Bonchev–Trinajstić information content (AvgIpc) is 2.73. The lowest BCUT2D eigenvalue weighted by atomic mass is 9.94. The number of halogens is 1. The minimum atomic E-state index is 0.743. The van der Waals surface area contributed by atoms with Gasteiger partial charge in [0, 0.05) is 17.1 Å². The Hall–Kier alpha value is -0.940. The Morgan fingerprint density at radius 1 is 1.35 bits per heavy atom. The van der Waals surface area contributed by atoms with E-state index in [1.807, 2.05) is 18.3 Å². The molecule has 1 aliphatic heterocycles. The molecule has 90 valence electrons. The van der Waals surface area contributed by atoms with Crippen LogP contribution in [0.2, 0.25) is 0 Å². The molecular weight excluding hydrogens is 280 g/mol. The average molecular weight is 295 g/mol. The van der Waals surface area contributed by atoms with E-state index < -0.39 is 0 Å². The fourth-order valence-electron chi connectivity index (χ4n) is 2.40. The fraction of sp³-hybridized carbons (Fsp3) is 0.500. The minimum absolute atomic E-state index is 0.743. The normalized spacial score (nSPS) is 17.7. The van der Waals surface area contributed by atoms with Gasteiger partial charge in [-0.15, -0.1) is 10.2 Å². The van der Waals surface area contributed by atoms with Crippen molar-refractivity contribution in [3.8, 4) is 0 Å². The summed E-state index contributed by atoms with van der Waals surface area (Å²) in [4.78, 5) is 0. The SMILES string of the molecule is Brc1ccn2c(CC3CCNCC3)nnc2c1. The first kappa shape index (κ1) is 11.2. The summed E-state index contributed by atoms with van der Waals surface area (Å²) in [6.45, 7) is 2.26. The highest BCUT2D eigenvalue weighted by atomic mass is 79.9. The molecule has 0 atom stereocenters. The van der Waals surface area contributed by atoms with Crippen LogP contribution in [0, 0.1) is 5.92 Å². The predicted octanol–water partition coefficient (Wildman–Crippen LogP) is 2.03. The second-order valence-electron chi connectivity index (χ2n) is 4.59. The molecule has 0 spiro atoms. The van der Waals surface area contributed by atoms with Gasteiger partial charge in [0.05, 0.1) is 0 Å². The van der Waals surface area contributed by atoms with Crippen LogP contribution in [-0.2, 0) is 6.42 Å². The smallest absolute Gasteiger partial charge is 0.161 e. The quantitative estimate of drug-likeness (QED) is 0.922. The third-order valence-corrected chi connectivity index (χ3v) is 3.87. The van der Waals surface area contributed by atoms with Gasteiger partial charge in [0.2, 0.25) is 0 Å². The van der Waals surface area contributed by atoms with E-state index in [1.54, 1.807) is 0 Å². The molecule has 0 bridgehead atoms. The number of nitrogens with zero attached hydrogens (tertiary/aromatic N) is 3. The summed E-state index contributed by atoms with van der Waals surface area (Å²) in [5.74, 6) is 1.83. The van der Waals surface area contributed by atoms with Crippen molar-refractivity contribution < 1.29 is 0 Å². The number of pyridine rings is 1. The van der Waals surface area contributed by atoms with E-state index >= 15 is 0 Å². The van der Waals surface area contributed by atoms with Gasteiger partial charge in [0.15, 0.2) is 5.65 Å². The maximum absolute atomic E-state index is 4.30. The standard InChI is InChI=1S/C12H15BrN4/c13-10-3-6-17-11(15-16-12(17)8-10)7-9-1-4-14-5-2-9/h3,6,8-9,14H,1-2,4-5,7H2. The fourth-order valence-corrected chi connectivity index (χ4v) is 2.72. The highest BCUT2D eigenvalue weighted by molar-refractivity contribution is 9.10. The Kier molecular flexibility index (Phi) is 3.11. The molecule has 2 aromatic rings. The molecule has 0 radical (unpaired) electrons. The highest BCUT2D eigenvalue weighted by Gasteiger charge is 2.16. The Bertz CT molecular complexity index is 516. The number of piperidine rings is 1. The molecule has 1 fully saturated rings. The summed E-state index contributed by atoms with van der Waals surface area (Å²) in [6, 6.07) is 4.03. The second kappa shape index (κ2) is 4.74. The Balaban J connectivity index is 1.84. The molecule has 0 aliphatic carbocycles. The van der Waals surface area contributed by atoms with Crippen molar-refractivity contribution in [2.45, 2.75) is 19.3 Å². The van der Waals surface area contributed by atoms with Gasteiger partial charge >= 0.3 is 0 Å². The summed E-state index contributed by atoms with van der Waals surface area (Å²) < 4.78 is 3.14. The van der Waals surface area contributed by atoms with Crippen LogP contribution in [0.15, 0.2) is 22.8 Å². The molecule has 0 aromatic carbocycles. The zero-order valence-corrected chi connectivity index (χ0v) is 11.2. The van der Waals surface area contributed by atoms with Gasteiger partial charge in [-0.3, -0.25) is 4.40 Å². The Morgan fingerprint density at radius 2 is 2.18 bits per heavy atom. The van der Waals surface area contributed by atoms with Gasteiger partial charge in [-0.2, -0.15) is 0 Å². The number of fused-ring (bicyclic) bond motifs is 1. The van der Waals surface area contributed by atoms with Crippen LogP contribution in [0.4, 0.5) is 0 Å². The van der Waals surface area contributed by atoms with Crippen LogP contribution >= 0.6 is 15.9 Å². The van der Waals surface area contributed by atoms with E-state index in [2.05, 4.69) is 35.8 Å². The van der Waals surface area contributed by atoms with Crippen molar-refractivity contribution >= 4 is 21.6 Å². The van der Waals surface area contributed by atoms with Crippen LogP contribution in [0.3, 0.4) is 0 Å². The molecule has 0 unspecified atom stereocenters. The first-order valence-corrected chi connectivity index (χ1v) is 6.82. The van der Waals surface area contributed by atoms with Gasteiger partial charge in [-0.25, -0.2) is 0 Å². The van der Waals surface area contributed by atoms with Crippen molar-refractivity contribution in [2.24, 2.45) is 5.92 Å². The third kappa shape index (κ3) is 2.35. The zero-order chi connectivity index (χ0) is 11.7. The maximum atomic E-state index is 4.30. The molecular formula is C12H15BrN4. The van der Waals surface area contributed by atoms with E-state index in [0.29, 0.717) is 0 Å². The van der Waals surface area contributed by atoms with E-state index in [9.17, 15) is 0 Å². The van der Waals surface area contributed by atoms with Crippen LogP contribution in [0.25, 0.3) is 5.65 Å². The summed E-state index contributed by atoms with van der Waals surface area (Å²) in [5.41, 5.74) is 0.920. The molecule has 3 rings (SSSR count). The van der Waals surface area contributed by atoms with Crippen molar-refractivity contribution in [3.05, 3.63) is 28.6 Å². The Labute approximate surface area is 109 Å². The molecule has 0 saturated carbocycles. The topological polar surface area (TPSA) is 42.2 Å². The van der Waals surface area contributed by atoms with Crippen LogP contribution in [-0.4, -0.2) is 27.7 Å². The van der Waals surface area contributed by atoms with Gasteiger partial charge in [0.25, 0.3) is 0 Å². The van der Waals surface area contributed by atoms with E-state index in [4.69, 9.17) is 0 Å². The van der Waals surface area contributed by atoms with Crippen molar-refractivity contribution in [2.75, 3.05) is 13.1 Å². The molecule has 4 nitrogen and oxygen atoms in total. The lowest BCUT2D eigenvalue weighted by molar-refractivity contribution is 0.366. The summed E-state index contributed by atoms with van der Waals surface area (Å²) in [7, 11) is 0. The monoisotopic (exact) mass is 294 g/mol. The largest absolute Gasteiger partial charge is 0.317 e. The highest BCUT2D eigenvalue weighted by Crippen LogP contribution is 2.19. The van der Waals surface area contributed by atoms with Gasteiger partial charge in [-0.1, -0.05) is 15.9 Å². The maximum Gasteiger partial charge on any atom is 0.161 e.